The highest BCUT2D eigenvalue weighted by Gasteiger charge is 2.10. The van der Waals surface area contributed by atoms with Crippen LogP contribution in [0, 0.1) is 6.92 Å². The zero-order valence-corrected chi connectivity index (χ0v) is 12.1. The van der Waals surface area contributed by atoms with Crippen molar-refractivity contribution >= 4 is 23.0 Å². The van der Waals surface area contributed by atoms with Crippen LogP contribution >= 0.6 is 0 Å². The van der Waals surface area contributed by atoms with E-state index in [4.69, 9.17) is 5.73 Å². The van der Waals surface area contributed by atoms with E-state index in [1.807, 2.05) is 26.1 Å². The molecule has 110 valence electrons. The molecule has 0 aliphatic rings. The van der Waals surface area contributed by atoms with Crippen LogP contribution in [0.3, 0.4) is 0 Å². The fourth-order valence-electron chi connectivity index (χ4n) is 2.05. The molecule has 0 aromatic heterocycles. The molecule has 0 spiro atoms. The first-order chi connectivity index (χ1) is 9.97. The van der Waals surface area contributed by atoms with Crippen LogP contribution in [0.2, 0.25) is 0 Å². The molecule has 21 heavy (non-hydrogen) atoms. The molecule has 0 fully saturated rings. The molecule has 0 aliphatic heterocycles. The van der Waals surface area contributed by atoms with Crippen molar-refractivity contribution in [3.63, 3.8) is 0 Å². The minimum Gasteiger partial charge on any atom is -0.508 e. The Morgan fingerprint density at radius 1 is 1.24 bits per heavy atom. The van der Waals surface area contributed by atoms with Gasteiger partial charge in [-0.05, 0) is 42.8 Å². The van der Waals surface area contributed by atoms with E-state index >= 15 is 0 Å². The van der Waals surface area contributed by atoms with Gasteiger partial charge in [0, 0.05) is 12.7 Å². The highest BCUT2D eigenvalue weighted by molar-refractivity contribution is 5.97. The van der Waals surface area contributed by atoms with E-state index in [-0.39, 0.29) is 18.2 Å². The Morgan fingerprint density at radius 3 is 2.52 bits per heavy atom. The minimum atomic E-state index is -0.147. The quantitative estimate of drug-likeness (QED) is 0.753. The smallest absolute Gasteiger partial charge is 0.243 e. The number of anilines is 3. The molecule has 1 amide bonds. The Bertz CT molecular complexity index is 618. The van der Waals surface area contributed by atoms with Gasteiger partial charge >= 0.3 is 0 Å². The summed E-state index contributed by atoms with van der Waals surface area (Å²) in [6.07, 6.45) is 0. The van der Waals surface area contributed by atoms with Crippen molar-refractivity contribution in [3.05, 3.63) is 48.0 Å². The Hall–Kier alpha value is -2.69. The number of aryl methyl sites for hydroxylation is 1. The number of carbonyl (C=O) groups is 1. The molecule has 0 unspecified atom stereocenters. The van der Waals surface area contributed by atoms with E-state index < -0.39 is 0 Å². The van der Waals surface area contributed by atoms with Crippen LogP contribution in [0.4, 0.5) is 17.1 Å². The SMILES string of the molecule is Cc1cccc(N)c1NC(=O)CN(C)c1ccc(O)cc1. The second-order valence-electron chi connectivity index (χ2n) is 4.96. The highest BCUT2D eigenvalue weighted by Crippen LogP contribution is 2.22. The molecule has 0 radical (unpaired) electrons. The molecule has 0 saturated carbocycles. The molecule has 5 nitrogen and oxygen atoms in total. The summed E-state index contributed by atoms with van der Waals surface area (Å²) in [5.41, 5.74) is 8.85. The van der Waals surface area contributed by atoms with Crippen LogP contribution in [0.25, 0.3) is 0 Å². The number of benzene rings is 2. The number of phenolic OH excluding ortho intramolecular Hbond substituents is 1. The molecule has 0 heterocycles. The van der Waals surface area contributed by atoms with Crippen molar-refractivity contribution in [3.8, 4) is 5.75 Å². The first-order valence-corrected chi connectivity index (χ1v) is 6.62. The molecule has 2 aromatic carbocycles. The van der Waals surface area contributed by atoms with Crippen LogP contribution in [0.1, 0.15) is 5.56 Å². The average Bonchev–Trinajstić information content (AvgIpc) is 2.43. The topological polar surface area (TPSA) is 78.6 Å². The second kappa shape index (κ2) is 6.17. The molecular weight excluding hydrogens is 266 g/mol. The van der Waals surface area contributed by atoms with Gasteiger partial charge in [-0.15, -0.1) is 0 Å². The summed E-state index contributed by atoms with van der Waals surface area (Å²) in [5, 5.41) is 12.1. The number of hydrogen-bond acceptors (Lipinski definition) is 4. The summed E-state index contributed by atoms with van der Waals surface area (Å²) in [7, 11) is 1.81. The maximum Gasteiger partial charge on any atom is 0.243 e. The number of nitrogens with two attached hydrogens (primary N) is 1. The van der Waals surface area contributed by atoms with Crippen molar-refractivity contribution in [1.82, 2.24) is 0 Å². The Balaban J connectivity index is 2.03. The van der Waals surface area contributed by atoms with Gasteiger partial charge in [-0.2, -0.15) is 0 Å². The normalized spacial score (nSPS) is 10.2. The third-order valence-corrected chi connectivity index (χ3v) is 3.24. The Labute approximate surface area is 124 Å². The lowest BCUT2D eigenvalue weighted by Gasteiger charge is -2.19. The average molecular weight is 285 g/mol. The van der Waals surface area contributed by atoms with E-state index in [0.717, 1.165) is 11.3 Å². The van der Waals surface area contributed by atoms with Gasteiger partial charge in [0.1, 0.15) is 5.75 Å². The first-order valence-electron chi connectivity index (χ1n) is 6.62. The summed E-state index contributed by atoms with van der Waals surface area (Å²) >= 11 is 0. The number of nitrogen functional groups attached to an aromatic ring is 1. The predicted octanol–water partition coefficient (Wildman–Crippen LogP) is 2.36. The number of rotatable bonds is 4. The van der Waals surface area contributed by atoms with Gasteiger partial charge in [-0.25, -0.2) is 0 Å². The number of aromatic hydroxyl groups is 1. The number of para-hydroxylation sites is 1. The third kappa shape index (κ3) is 3.66. The van der Waals surface area contributed by atoms with Crippen molar-refractivity contribution in [2.75, 3.05) is 29.5 Å². The number of nitrogens with zero attached hydrogens (tertiary/aromatic N) is 1. The van der Waals surface area contributed by atoms with Crippen LogP contribution in [0.5, 0.6) is 5.75 Å². The number of phenols is 1. The van der Waals surface area contributed by atoms with Gasteiger partial charge in [-0.3, -0.25) is 4.79 Å². The summed E-state index contributed by atoms with van der Waals surface area (Å²) < 4.78 is 0. The zero-order chi connectivity index (χ0) is 15.4. The van der Waals surface area contributed by atoms with Crippen LogP contribution in [-0.2, 0) is 4.79 Å². The summed E-state index contributed by atoms with van der Waals surface area (Å²) in [4.78, 5) is 13.9. The Kier molecular flexibility index (Phi) is 4.33. The van der Waals surface area contributed by atoms with Gasteiger partial charge < -0.3 is 21.1 Å². The van der Waals surface area contributed by atoms with Gasteiger partial charge in [0.2, 0.25) is 5.91 Å². The van der Waals surface area contributed by atoms with Crippen LogP contribution in [-0.4, -0.2) is 24.6 Å². The first kappa shape index (κ1) is 14.7. The number of hydrogen-bond donors (Lipinski definition) is 3. The highest BCUT2D eigenvalue weighted by atomic mass is 16.3. The van der Waals surface area contributed by atoms with Crippen molar-refractivity contribution in [2.45, 2.75) is 6.92 Å². The fourth-order valence-corrected chi connectivity index (χ4v) is 2.05. The summed E-state index contributed by atoms with van der Waals surface area (Å²) in [6.45, 7) is 2.09. The number of nitrogens with one attached hydrogen (secondary N) is 1. The van der Waals surface area contributed by atoms with Crippen molar-refractivity contribution < 1.29 is 9.90 Å². The number of amides is 1. The van der Waals surface area contributed by atoms with Gasteiger partial charge in [-0.1, -0.05) is 12.1 Å². The molecule has 2 rings (SSSR count). The summed E-state index contributed by atoms with van der Waals surface area (Å²) in [5.74, 6) is 0.0517. The molecule has 4 N–H and O–H groups in total. The molecule has 2 aromatic rings. The van der Waals surface area contributed by atoms with Gasteiger partial charge in [0.05, 0.1) is 17.9 Å². The predicted molar refractivity (Wildman–Crippen MR) is 85.6 cm³/mol. The standard InChI is InChI=1S/C16H19N3O2/c1-11-4-3-5-14(17)16(11)18-15(21)10-19(2)12-6-8-13(20)9-7-12/h3-9,20H,10,17H2,1-2H3,(H,18,21). The van der Waals surface area contributed by atoms with Gasteiger partial charge in [0.25, 0.3) is 0 Å². The molecule has 5 heteroatoms. The molecule has 0 aliphatic carbocycles. The van der Waals surface area contributed by atoms with Gasteiger partial charge in [0.15, 0.2) is 0 Å². The molecule has 0 saturated heterocycles. The van der Waals surface area contributed by atoms with Crippen molar-refractivity contribution in [2.24, 2.45) is 0 Å². The minimum absolute atomic E-state index is 0.147. The number of carbonyl (C=O) groups excluding carboxylic acids is 1. The second-order valence-corrected chi connectivity index (χ2v) is 4.96. The fraction of sp³-hybridized carbons (Fsp3) is 0.188. The van der Waals surface area contributed by atoms with E-state index in [1.54, 1.807) is 35.2 Å². The lowest BCUT2D eigenvalue weighted by atomic mass is 10.1. The summed E-state index contributed by atoms with van der Waals surface area (Å²) in [6, 6.07) is 12.2. The van der Waals surface area contributed by atoms with Crippen molar-refractivity contribution in [1.29, 1.82) is 0 Å². The van der Waals surface area contributed by atoms with Crippen LogP contribution < -0.4 is 16.0 Å². The van der Waals surface area contributed by atoms with Crippen LogP contribution in [0.15, 0.2) is 42.5 Å². The zero-order valence-electron chi connectivity index (χ0n) is 12.1. The largest absolute Gasteiger partial charge is 0.508 e. The molecule has 0 atom stereocenters. The Morgan fingerprint density at radius 2 is 1.90 bits per heavy atom. The maximum atomic E-state index is 12.1. The monoisotopic (exact) mass is 285 g/mol. The van der Waals surface area contributed by atoms with E-state index in [2.05, 4.69) is 5.32 Å². The molecular formula is C16H19N3O2. The molecule has 0 bridgehead atoms. The lowest BCUT2D eigenvalue weighted by Crippen LogP contribution is -2.30. The van der Waals surface area contributed by atoms with E-state index in [1.165, 1.54) is 0 Å². The number of likely N-dealkylation sites (N-methyl/N-ethyl adjacent to an activating group) is 1. The van der Waals surface area contributed by atoms with E-state index in [0.29, 0.717) is 11.4 Å². The van der Waals surface area contributed by atoms with E-state index in [9.17, 15) is 9.90 Å². The lowest BCUT2D eigenvalue weighted by molar-refractivity contribution is -0.114. The maximum absolute atomic E-state index is 12.1. The third-order valence-electron chi connectivity index (χ3n) is 3.24.